The van der Waals surface area contributed by atoms with Crippen LogP contribution in [0, 0.1) is 17.8 Å². The van der Waals surface area contributed by atoms with E-state index >= 15 is 0 Å². The molecule has 4 rings (SSSR count). The molecule has 3 unspecified atom stereocenters. The Morgan fingerprint density at radius 2 is 1.78 bits per heavy atom. The van der Waals surface area contributed by atoms with Gasteiger partial charge < -0.3 is 20.9 Å². The van der Waals surface area contributed by atoms with Gasteiger partial charge in [-0.15, -0.1) is 0 Å². The Kier molecular flexibility index (Phi) is 10.9. The van der Waals surface area contributed by atoms with Crippen molar-refractivity contribution in [2.45, 2.75) is 58.2 Å². The molecule has 226 valence electrons. The van der Waals surface area contributed by atoms with Gasteiger partial charge in [0.15, 0.2) is 0 Å². The Morgan fingerprint density at radius 1 is 1.05 bits per heavy atom. The second-order valence-electron chi connectivity index (χ2n) is 11.8. The summed E-state index contributed by atoms with van der Waals surface area (Å²) in [4.78, 5) is 18.0. The molecule has 2 aliphatic heterocycles. The van der Waals surface area contributed by atoms with Crippen LogP contribution in [0.2, 0.25) is 10.0 Å². The molecule has 2 aromatic carbocycles. The van der Waals surface area contributed by atoms with Gasteiger partial charge in [0.1, 0.15) is 0 Å². The number of nitrogens with zero attached hydrogens (tertiary/aromatic N) is 2. The Bertz CT molecular complexity index is 1180. The first-order chi connectivity index (χ1) is 19.4. The number of anilines is 1. The van der Waals surface area contributed by atoms with Crippen LogP contribution in [-0.2, 0) is 17.4 Å². The fraction of sp³-hybridized carbons (Fsp3) is 0.581. The van der Waals surface area contributed by atoms with E-state index in [1.54, 1.807) is 12.1 Å². The van der Waals surface area contributed by atoms with Crippen molar-refractivity contribution in [3.05, 3.63) is 63.1 Å². The maximum atomic E-state index is 14.1. The van der Waals surface area contributed by atoms with Crippen molar-refractivity contribution in [3.8, 4) is 0 Å². The number of rotatable bonds is 8. The second-order valence-corrected chi connectivity index (χ2v) is 12.7. The number of piperazine rings is 1. The standard InChI is InChI=1S/C31H41Cl2F3N4O/c1-20(2)16-28(37)26-18-23(31(34,35)36)6-8-29(26)39-12-14-40(15-13-39)30(41)25(21-4-3-10-38-11-9-21)17-22-5-7-24(32)19-27(22)33/h5-8,18-21,25,28,38H,3-4,9-17,37H2,1-2H3. The second kappa shape index (κ2) is 14.0. The normalized spacial score (nSPS) is 20.2. The molecule has 5 nitrogen and oxygen atoms in total. The van der Waals surface area contributed by atoms with Crippen LogP contribution in [0.25, 0.3) is 0 Å². The molecule has 3 N–H and O–H groups in total. The molecule has 0 bridgehead atoms. The summed E-state index contributed by atoms with van der Waals surface area (Å²) in [6.07, 6.45) is -0.401. The zero-order valence-electron chi connectivity index (χ0n) is 23.8. The van der Waals surface area contributed by atoms with Gasteiger partial charge in [-0.2, -0.15) is 13.2 Å². The average molecular weight is 614 g/mol. The maximum absolute atomic E-state index is 14.1. The molecule has 10 heteroatoms. The molecule has 2 aliphatic rings. The van der Waals surface area contributed by atoms with E-state index in [1.165, 1.54) is 6.07 Å². The van der Waals surface area contributed by atoms with Gasteiger partial charge in [-0.25, -0.2) is 0 Å². The monoisotopic (exact) mass is 612 g/mol. The quantitative estimate of drug-likeness (QED) is 0.338. The molecular formula is C31H41Cl2F3N4O. The fourth-order valence-corrected chi connectivity index (χ4v) is 6.67. The van der Waals surface area contributed by atoms with Gasteiger partial charge in [-0.1, -0.05) is 43.1 Å². The van der Waals surface area contributed by atoms with Crippen molar-refractivity contribution in [2.75, 3.05) is 44.2 Å². The molecule has 41 heavy (non-hydrogen) atoms. The molecule has 3 atom stereocenters. The number of nitrogens with one attached hydrogen (secondary N) is 1. The molecule has 2 aromatic rings. The number of carbonyl (C=O) groups is 1. The summed E-state index contributed by atoms with van der Waals surface area (Å²) in [5.41, 5.74) is 7.89. The molecule has 2 fully saturated rings. The number of amides is 1. The molecule has 2 saturated heterocycles. The fourth-order valence-electron chi connectivity index (χ4n) is 6.18. The van der Waals surface area contributed by atoms with Gasteiger partial charge in [0.25, 0.3) is 0 Å². The lowest BCUT2D eigenvalue weighted by atomic mass is 9.81. The van der Waals surface area contributed by atoms with E-state index in [0.717, 1.165) is 49.7 Å². The summed E-state index contributed by atoms with van der Waals surface area (Å²) in [5, 5.41) is 4.57. The van der Waals surface area contributed by atoms with E-state index in [0.29, 0.717) is 54.6 Å². The van der Waals surface area contributed by atoms with Crippen molar-refractivity contribution in [2.24, 2.45) is 23.5 Å². The molecule has 1 amide bonds. The smallest absolute Gasteiger partial charge is 0.368 e. The number of hydrogen-bond donors (Lipinski definition) is 2. The predicted molar refractivity (Wildman–Crippen MR) is 160 cm³/mol. The first kappa shape index (κ1) is 31.9. The summed E-state index contributed by atoms with van der Waals surface area (Å²) in [6, 6.07) is 8.80. The van der Waals surface area contributed by atoms with Crippen molar-refractivity contribution >= 4 is 34.8 Å². The summed E-state index contributed by atoms with van der Waals surface area (Å²) in [6.45, 7) is 7.89. The van der Waals surface area contributed by atoms with Crippen LogP contribution in [0.15, 0.2) is 36.4 Å². The summed E-state index contributed by atoms with van der Waals surface area (Å²) in [5.74, 6) is 0.387. The zero-order chi connectivity index (χ0) is 29.7. The van der Waals surface area contributed by atoms with Crippen LogP contribution >= 0.6 is 23.2 Å². The third kappa shape index (κ3) is 8.31. The molecule has 2 heterocycles. The van der Waals surface area contributed by atoms with E-state index in [4.69, 9.17) is 28.9 Å². The number of benzene rings is 2. The lowest BCUT2D eigenvalue weighted by Gasteiger charge is -2.40. The highest BCUT2D eigenvalue weighted by Crippen LogP contribution is 2.37. The van der Waals surface area contributed by atoms with E-state index in [1.807, 2.05) is 30.9 Å². The number of nitrogens with two attached hydrogens (primary N) is 1. The minimum Gasteiger partial charge on any atom is -0.368 e. The van der Waals surface area contributed by atoms with Crippen LogP contribution in [0.4, 0.5) is 18.9 Å². The van der Waals surface area contributed by atoms with Gasteiger partial charge in [0.2, 0.25) is 5.91 Å². The van der Waals surface area contributed by atoms with E-state index < -0.39 is 17.8 Å². The first-order valence-corrected chi connectivity index (χ1v) is 15.3. The highest BCUT2D eigenvalue weighted by atomic mass is 35.5. The van der Waals surface area contributed by atoms with Crippen molar-refractivity contribution < 1.29 is 18.0 Å². The first-order valence-electron chi connectivity index (χ1n) is 14.6. The number of carbonyl (C=O) groups excluding carboxylic acids is 1. The Labute approximate surface area is 251 Å². The molecule has 0 radical (unpaired) electrons. The largest absolute Gasteiger partial charge is 0.416 e. The van der Waals surface area contributed by atoms with Crippen LogP contribution < -0.4 is 16.0 Å². The average Bonchev–Trinajstić information content (AvgIpc) is 3.21. The van der Waals surface area contributed by atoms with Crippen LogP contribution in [0.1, 0.15) is 62.3 Å². The van der Waals surface area contributed by atoms with Crippen LogP contribution in [0.3, 0.4) is 0 Å². The minimum absolute atomic E-state index is 0.117. The number of hydrogen-bond acceptors (Lipinski definition) is 4. The van der Waals surface area contributed by atoms with Crippen LogP contribution in [0.5, 0.6) is 0 Å². The van der Waals surface area contributed by atoms with Crippen molar-refractivity contribution in [1.29, 1.82) is 0 Å². The van der Waals surface area contributed by atoms with Crippen LogP contribution in [-0.4, -0.2) is 50.1 Å². The van der Waals surface area contributed by atoms with Crippen molar-refractivity contribution in [1.82, 2.24) is 10.2 Å². The summed E-state index contributed by atoms with van der Waals surface area (Å²) in [7, 11) is 0. The lowest BCUT2D eigenvalue weighted by Crippen LogP contribution is -2.52. The highest BCUT2D eigenvalue weighted by molar-refractivity contribution is 6.35. The molecule has 0 spiro atoms. The molecule has 0 aromatic heterocycles. The SMILES string of the molecule is CC(C)CC(N)c1cc(C(F)(F)F)ccc1N1CCN(C(=O)C(Cc2ccc(Cl)cc2Cl)C2CCCNCC2)CC1. The number of alkyl halides is 3. The predicted octanol–water partition coefficient (Wildman–Crippen LogP) is 6.96. The third-order valence-corrected chi connectivity index (χ3v) is 8.96. The summed E-state index contributed by atoms with van der Waals surface area (Å²) >= 11 is 12.6. The van der Waals surface area contributed by atoms with Gasteiger partial charge in [0.05, 0.1) is 5.56 Å². The minimum atomic E-state index is -4.44. The van der Waals surface area contributed by atoms with Gasteiger partial charge in [0, 0.05) is 53.9 Å². The Morgan fingerprint density at radius 3 is 2.44 bits per heavy atom. The topological polar surface area (TPSA) is 61.6 Å². The van der Waals surface area contributed by atoms with Gasteiger partial charge >= 0.3 is 6.18 Å². The summed E-state index contributed by atoms with van der Waals surface area (Å²) < 4.78 is 40.6. The highest BCUT2D eigenvalue weighted by Gasteiger charge is 2.36. The van der Waals surface area contributed by atoms with E-state index in [2.05, 4.69) is 10.2 Å². The van der Waals surface area contributed by atoms with Gasteiger partial charge in [-0.3, -0.25) is 4.79 Å². The molecule has 0 aliphatic carbocycles. The van der Waals surface area contributed by atoms with E-state index in [-0.39, 0.29) is 23.7 Å². The zero-order valence-corrected chi connectivity index (χ0v) is 25.3. The maximum Gasteiger partial charge on any atom is 0.416 e. The number of halogens is 5. The Hall–Kier alpha value is -2.00. The third-order valence-electron chi connectivity index (χ3n) is 8.37. The molecule has 0 saturated carbocycles. The molecular weight excluding hydrogens is 572 g/mol. The lowest BCUT2D eigenvalue weighted by molar-refractivity contribution is -0.138. The van der Waals surface area contributed by atoms with Gasteiger partial charge in [-0.05, 0) is 98.5 Å². The van der Waals surface area contributed by atoms with Crippen molar-refractivity contribution in [3.63, 3.8) is 0 Å². The van der Waals surface area contributed by atoms with E-state index in [9.17, 15) is 18.0 Å². The Balaban J connectivity index is 1.52.